The third kappa shape index (κ3) is 8.13. The monoisotopic (exact) mass is 568 g/mol. The first-order valence-corrected chi connectivity index (χ1v) is 9.52. The topological polar surface area (TPSA) is 74.2 Å². The second kappa shape index (κ2) is 11.8. The lowest BCUT2D eigenvalue weighted by Gasteiger charge is -2.12. The van der Waals surface area contributed by atoms with Gasteiger partial charge in [0.2, 0.25) is 0 Å². The predicted octanol–water partition coefficient (Wildman–Crippen LogP) is 4.65. The molecule has 0 radical (unpaired) electrons. The first kappa shape index (κ1) is 25.0. The molecule has 2 rings (SSSR count). The van der Waals surface area contributed by atoms with Gasteiger partial charge >= 0.3 is 6.18 Å². The zero-order valence-corrected chi connectivity index (χ0v) is 19.3. The maximum Gasteiger partial charge on any atom is 0.434 e. The Bertz CT molecular complexity index is 787. The van der Waals surface area contributed by atoms with E-state index >= 15 is 0 Å². The van der Waals surface area contributed by atoms with Crippen LogP contribution in [0, 0.1) is 0 Å². The van der Waals surface area contributed by atoms with Gasteiger partial charge in [0.05, 0.1) is 16.6 Å². The first-order valence-electron chi connectivity index (χ1n) is 7.88. The number of rotatable bonds is 7. The number of nitrogens with zero attached hydrogens (tertiary/aromatic N) is 3. The summed E-state index contributed by atoms with van der Waals surface area (Å²) in [5, 5.41) is 11.3. The summed E-state index contributed by atoms with van der Waals surface area (Å²) in [5.41, 5.74) is -0.896. The summed E-state index contributed by atoms with van der Waals surface area (Å²) in [6, 6.07) is 1.58. The molecule has 6 nitrogen and oxygen atoms in total. The number of aromatic nitrogens is 2. The second-order valence-corrected chi connectivity index (χ2v) is 6.94. The van der Waals surface area contributed by atoms with E-state index in [2.05, 4.69) is 30.9 Å². The quantitative estimate of drug-likeness (QED) is 0.196. The summed E-state index contributed by atoms with van der Waals surface area (Å²) in [4.78, 5) is 11.9. The van der Waals surface area contributed by atoms with Gasteiger partial charge in [0.15, 0.2) is 11.7 Å². The molecule has 0 saturated heterocycles. The minimum Gasteiger partial charge on any atom is -0.367 e. The molecule has 3 N–H and O–H groups in total. The van der Waals surface area contributed by atoms with Gasteiger partial charge in [0.1, 0.15) is 10.8 Å². The molecule has 0 aromatic carbocycles. The van der Waals surface area contributed by atoms with Crippen LogP contribution in [0.15, 0.2) is 22.6 Å². The summed E-state index contributed by atoms with van der Waals surface area (Å²) in [6.45, 7) is 3.52. The van der Waals surface area contributed by atoms with E-state index < -0.39 is 11.9 Å². The van der Waals surface area contributed by atoms with Crippen molar-refractivity contribution in [3.05, 3.63) is 38.4 Å². The average molecular weight is 569 g/mol. The molecule has 2 aromatic heterocycles. The summed E-state index contributed by atoms with van der Waals surface area (Å²) in [5.74, 6) is 0.977. The van der Waals surface area contributed by atoms with Crippen LogP contribution in [0.4, 0.5) is 19.0 Å². The molecule has 2 aromatic rings. The molecule has 0 aliphatic heterocycles. The highest BCUT2D eigenvalue weighted by Gasteiger charge is 2.33. The van der Waals surface area contributed by atoms with Crippen molar-refractivity contribution in [1.29, 1.82) is 0 Å². The molecule has 0 aliphatic rings. The zero-order valence-electron chi connectivity index (χ0n) is 14.6. The molecule has 0 saturated carbocycles. The lowest BCUT2D eigenvalue weighted by atomic mass is 10.4. The van der Waals surface area contributed by atoms with Crippen LogP contribution < -0.4 is 16.0 Å². The van der Waals surface area contributed by atoms with Crippen molar-refractivity contribution in [2.24, 2.45) is 4.99 Å². The zero-order chi connectivity index (χ0) is 19.9. The number of nitrogens with one attached hydrogen (secondary N) is 3. The van der Waals surface area contributed by atoms with Crippen LogP contribution in [-0.2, 0) is 12.7 Å². The third-order valence-corrected chi connectivity index (χ3v) is 4.40. The molecule has 28 heavy (non-hydrogen) atoms. The van der Waals surface area contributed by atoms with Crippen molar-refractivity contribution >= 4 is 70.3 Å². The SMILES string of the molecule is CCNC(=NCc1nc(C(F)(F)F)cs1)NCCNc1ncc(Cl)cc1Cl.I. The summed E-state index contributed by atoms with van der Waals surface area (Å²) >= 11 is 12.7. The van der Waals surface area contributed by atoms with Gasteiger partial charge in [-0.25, -0.2) is 15.0 Å². The van der Waals surface area contributed by atoms with Gasteiger partial charge < -0.3 is 16.0 Å². The Morgan fingerprint density at radius 2 is 2.00 bits per heavy atom. The van der Waals surface area contributed by atoms with E-state index in [0.29, 0.717) is 41.5 Å². The highest BCUT2D eigenvalue weighted by Crippen LogP contribution is 2.30. The van der Waals surface area contributed by atoms with Crippen molar-refractivity contribution in [3.8, 4) is 0 Å². The number of hydrogen-bond donors (Lipinski definition) is 3. The van der Waals surface area contributed by atoms with Crippen LogP contribution in [0.3, 0.4) is 0 Å². The molecular weight excluding hydrogens is 551 g/mol. The summed E-state index contributed by atoms with van der Waals surface area (Å²) in [7, 11) is 0. The molecule has 2 heterocycles. The number of pyridine rings is 1. The smallest absolute Gasteiger partial charge is 0.367 e. The van der Waals surface area contributed by atoms with Crippen molar-refractivity contribution < 1.29 is 13.2 Å². The van der Waals surface area contributed by atoms with E-state index in [-0.39, 0.29) is 35.5 Å². The van der Waals surface area contributed by atoms with Crippen LogP contribution >= 0.6 is 58.5 Å². The molecule has 13 heteroatoms. The van der Waals surface area contributed by atoms with Crippen LogP contribution in [0.2, 0.25) is 10.0 Å². The Labute approximate surface area is 191 Å². The first-order chi connectivity index (χ1) is 12.8. The number of guanidine groups is 1. The molecule has 156 valence electrons. The summed E-state index contributed by atoms with van der Waals surface area (Å²) in [6.07, 6.45) is -2.96. The van der Waals surface area contributed by atoms with Crippen LogP contribution in [0.1, 0.15) is 17.6 Å². The highest BCUT2D eigenvalue weighted by molar-refractivity contribution is 14.0. The van der Waals surface area contributed by atoms with Gasteiger partial charge in [-0.05, 0) is 13.0 Å². The van der Waals surface area contributed by atoms with Gasteiger partial charge in [-0.2, -0.15) is 13.2 Å². The predicted molar refractivity (Wildman–Crippen MR) is 118 cm³/mol. The van der Waals surface area contributed by atoms with E-state index in [1.54, 1.807) is 6.07 Å². The van der Waals surface area contributed by atoms with Crippen LogP contribution in [0.5, 0.6) is 0 Å². The average Bonchev–Trinajstić information content (AvgIpc) is 3.07. The highest BCUT2D eigenvalue weighted by atomic mass is 127. The van der Waals surface area contributed by atoms with E-state index in [1.807, 2.05) is 6.92 Å². The molecule has 0 aliphatic carbocycles. The number of thiazole rings is 1. The molecule has 0 unspecified atom stereocenters. The molecular formula is C15H18Cl2F3IN6S. The van der Waals surface area contributed by atoms with Gasteiger partial charge in [0.25, 0.3) is 0 Å². The minimum absolute atomic E-state index is 0. The largest absolute Gasteiger partial charge is 0.434 e. The number of anilines is 1. The number of halogens is 6. The third-order valence-electron chi connectivity index (χ3n) is 3.08. The lowest BCUT2D eigenvalue weighted by Crippen LogP contribution is -2.39. The molecule has 0 amide bonds. The Balaban J connectivity index is 0.00000392. The van der Waals surface area contributed by atoms with Crippen molar-refractivity contribution in [2.75, 3.05) is 25.0 Å². The molecule has 0 bridgehead atoms. The van der Waals surface area contributed by atoms with Crippen molar-refractivity contribution in [2.45, 2.75) is 19.6 Å². The van der Waals surface area contributed by atoms with Crippen LogP contribution in [-0.4, -0.2) is 35.6 Å². The number of aliphatic imine (C=N–C) groups is 1. The lowest BCUT2D eigenvalue weighted by molar-refractivity contribution is -0.140. The Morgan fingerprint density at radius 3 is 2.61 bits per heavy atom. The van der Waals surface area contributed by atoms with Crippen molar-refractivity contribution in [1.82, 2.24) is 20.6 Å². The minimum atomic E-state index is -4.44. The normalized spacial score (nSPS) is 11.7. The van der Waals surface area contributed by atoms with E-state index in [1.165, 1.54) is 6.20 Å². The van der Waals surface area contributed by atoms with E-state index in [0.717, 1.165) is 16.7 Å². The fraction of sp³-hybridized carbons (Fsp3) is 0.400. The second-order valence-electron chi connectivity index (χ2n) is 5.16. The van der Waals surface area contributed by atoms with Gasteiger partial charge in [0, 0.05) is 31.2 Å². The number of alkyl halides is 3. The Hall–Kier alpha value is -1.05. The van der Waals surface area contributed by atoms with Gasteiger partial charge in [-0.1, -0.05) is 23.2 Å². The number of hydrogen-bond acceptors (Lipinski definition) is 5. The standard InChI is InChI=1S/C15H17Cl2F3N6S.HI/c1-2-21-14(25-7-12-26-11(8-27-12)15(18,19)20)23-4-3-22-13-10(17)5-9(16)6-24-13;/h5-6,8H,2-4,7H2,1H3,(H,22,24)(H2,21,23,25);1H. The van der Waals surface area contributed by atoms with Gasteiger partial charge in [-0.15, -0.1) is 35.3 Å². The van der Waals surface area contributed by atoms with Crippen LogP contribution in [0.25, 0.3) is 0 Å². The Morgan fingerprint density at radius 1 is 1.25 bits per heavy atom. The van der Waals surface area contributed by atoms with Gasteiger partial charge in [-0.3, -0.25) is 0 Å². The van der Waals surface area contributed by atoms with E-state index in [4.69, 9.17) is 23.2 Å². The van der Waals surface area contributed by atoms with E-state index in [9.17, 15) is 13.2 Å². The maximum atomic E-state index is 12.6. The Kier molecular flexibility index (Phi) is 10.6. The molecule has 0 atom stereocenters. The fourth-order valence-electron chi connectivity index (χ4n) is 1.91. The molecule has 0 fully saturated rings. The van der Waals surface area contributed by atoms with Crippen molar-refractivity contribution in [3.63, 3.8) is 0 Å². The maximum absolute atomic E-state index is 12.6. The summed E-state index contributed by atoms with van der Waals surface area (Å²) < 4.78 is 37.7. The molecule has 0 spiro atoms. The fourth-order valence-corrected chi connectivity index (χ4v) is 3.08.